The first kappa shape index (κ1) is 19.2. The Labute approximate surface area is 161 Å². The molecule has 1 unspecified atom stereocenters. The fourth-order valence-electron chi connectivity index (χ4n) is 3.40. The fraction of sp³-hybridized carbons (Fsp3) is 0.409. The monoisotopic (exact) mass is 367 g/mol. The topological polar surface area (TPSA) is 44.8 Å². The number of hydrogen-bond acceptors (Lipinski definition) is 4. The summed E-state index contributed by atoms with van der Waals surface area (Å²) in [5, 5.41) is 3.04. The van der Waals surface area contributed by atoms with E-state index in [0.29, 0.717) is 0 Å². The van der Waals surface area contributed by atoms with Crippen molar-refractivity contribution in [2.45, 2.75) is 26.3 Å². The zero-order valence-electron chi connectivity index (χ0n) is 16.4. The minimum Gasteiger partial charge on any atom is -0.497 e. The summed E-state index contributed by atoms with van der Waals surface area (Å²) in [6.45, 7) is 7.68. The third kappa shape index (κ3) is 4.80. The highest BCUT2D eigenvalue weighted by Crippen LogP contribution is 2.21. The molecule has 3 rings (SSSR count). The van der Waals surface area contributed by atoms with Gasteiger partial charge in [0.25, 0.3) is 0 Å². The van der Waals surface area contributed by atoms with Crippen LogP contribution in [-0.4, -0.2) is 50.1 Å². The molecule has 1 amide bonds. The molecule has 0 saturated carbocycles. The van der Waals surface area contributed by atoms with Gasteiger partial charge in [0.15, 0.2) is 0 Å². The predicted molar refractivity (Wildman–Crippen MR) is 111 cm³/mol. The molecule has 1 aliphatic rings. The molecule has 1 fully saturated rings. The van der Waals surface area contributed by atoms with Gasteiger partial charge in [0.2, 0.25) is 5.91 Å². The Morgan fingerprint density at radius 2 is 1.67 bits per heavy atom. The average molecular weight is 367 g/mol. The number of carbonyl (C=O) groups excluding carboxylic acids is 1. The summed E-state index contributed by atoms with van der Waals surface area (Å²) in [5.74, 6) is 0.923. The number of amides is 1. The molecule has 0 spiro atoms. The van der Waals surface area contributed by atoms with Gasteiger partial charge in [0.05, 0.1) is 13.2 Å². The third-order valence-corrected chi connectivity index (χ3v) is 5.31. The Kier molecular flexibility index (Phi) is 6.35. The van der Waals surface area contributed by atoms with Crippen LogP contribution in [0.3, 0.4) is 0 Å². The lowest BCUT2D eigenvalue weighted by Gasteiger charge is -2.38. The molecule has 1 aliphatic heterocycles. The molecule has 2 aromatic rings. The largest absolute Gasteiger partial charge is 0.497 e. The molecule has 27 heavy (non-hydrogen) atoms. The van der Waals surface area contributed by atoms with Crippen LogP contribution in [0, 0.1) is 0 Å². The number of aryl methyl sites for hydroxylation is 1. The van der Waals surface area contributed by atoms with E-state index in [9.17, 15) is 4.79 Å². The highest BCUT2D eigenvalue weighted by atomic mass is 16.5. The molecule has 5 heteroatoms. The van der Waals surface area contributed by atoms with E-state index in [2.05, 4.69) is 46.3 Å². The number of benzene rings is 2. The molecule has 1 heterocycles. The van der Waals surface area contributed by atoms with Crippen LogP contribution in [0.25, 0.3) is 0 Å². The maximum absolute atomic E-state index is 12.6. The summed E-state index contributed by atoms with van der Waals surface area (Å²) in [6, 6.07) is 16.1. The minimum atomic E-state index is -0.145. The molecular formula is C22H29N3O2. The van der Waals surface area contributed by atoms with E-state index in [0.717, 1.165) is 44.0 Å². The molecule has 2 aromatic carbocycles. The van der Waals surface area contributed by atoms with Gasteiger partial charge in [-0.1, -0.05) is 19.1 Å². The first-order valence-corrected chi connectivity index (χ1v) is 9.63. The number of nitrogens with one attached hydrogen (secondary N) is 1. The summed E-state index contributed by atoms with van der Waals surface area (Å²) in [5.41, 5.74) is 3.33. The van der Waals surface area contributed by atoms with Gasteiger partial charge in [-0.3, -0.25) is 9.69 Å². The van der Waals surface area contributed by atoms with Crippen molar-refractivity contribution in [3.63, 3.8) is 0 Å². The van der Waals surface area contributed by atoms with Crippen LogP contribution in [0.2, 0.25) is 0 Å². The van der Waals surface area contributed by atoms with Crippen LogP contribution in [-0.2, 0) is 11.2 Å². The molecule has 0 bridgehead atoms. The van der Waals surface area contributed by atoms with Crippen molar-refractivity contribution >= 4 is 17.3 Å². The van der Waals surface area contributed by atoms with Gasteiger partial charge in [-0.05, 0) is 55.3 Å². The Morgan fingerprint density at radius 1 is 1.04 bits per heavy atom. The van der Waals surface area contributed by atoms with Crippen LogP contribution in [0.1, 0.15) is 19.4 Å². The summed E-state index contributed by atoms with van der Waals surface area (Å²) < 4.78 is 5.22. The van der Waals surface area contributed by atoms with E-state index in [1.807, 2.05) is 31.2 Å². The summed E-state index contributed by atoms with van der Waals surface area (Å²) >= 11 is 0. The normalized spacial score (nSPS) is 16.0. The smallest absolute Gasteiger partial charge is 0.241 e. The quantitative estimate of drug-likeness (QED) is 0.850. The number of hydrogen-bond donors (Lipinski definition) is 1. The Hall–Kier alpha value is -2.53. The minimum absolute atomic E-state index is 0.0529. The fourth-order valence-corrected chi connectivity index (χ4v) is 3.40. The Balaban J connectivity index is 1.52. The standard InChI is InChI=1S/C22H29N3O2/c1-4-18-5-7-19(8-6-18)23-22(26)17(2)24-13-15-25(16-14-24)20-9-11-21(27-3)12-10-20/h5-12,17H,4,13-16H2,1-3H3,(H,23,26). The van der Waals surface area contributed by atoms with Crippen molar-refractivity contribution < 1.29 is 9.53 Å². The van der Waals surface area contributed by atoms with Crippen LogP contribution in [0.4, 0.5) is 11.4 Å². The van der Waals surface area contributed by atoms with Gasteiger partial charge in [0.1, 0.15) is 5.75 Å². The van der Waals surface area contributed by atoms with Crippen LogP contribution >= 0.6 is 0 Å². The van der Waals surface area contributed by atoms with Crippen molar-refractivity contribution in [2.24, 2.45) is 0 Å². The first-order chi connectivity index (χ1) is 13.1. The average Bonchev–Trinajstić information content (AvgIpc) is 2.74. The summed E-state index contributed by atoms with van der Waals surface area (Å²) in [6.07, 6.45) is 1.00. The molecule has 1 N–H and O–H groups in total. The van der Waals surface area contributed by atoms with Crippen molar-refractivity contribution in [1.29, 1.82) is 0 Å². The van der Waals surface area contributed by atoms with E-state index in [1.54, 1.807) is 7.11 Å². The second-order valence-corrected chi connectivity index (χ2v) is 6.94. The molecule has 1 atom stereocenters. The highest BCUT2D eigenvalue weighted by Gasteiger charge is 2.25. The Morgan fingerprint density at radius 3 is 2.22 bits per heavy atom. The van der Waals surface area contributed by atoms with Crippen molar-refractivity contribution in [1.82, 2.24) is 4.90 Å². The maximum Gasteiger partial charge on any atom is 0.241 e. The van der Waals surface area contributed by atoms with Crippen LogP contribution < -0.4 is 15.0 Å². The molecule has 0 radical (unpaired) electrons. The summed E-state index contributed by atoms with van der Waals surface area (Å²) in [7, 11) is 1.68. The zero-order valence-corrected chi connectivity index (χ0v) is 16.4. The van der Waals surface area contributed by atoms with E-state index in [-0.39, 0.29) is 11.9 Å². The predicted octanol–water partition coefficient (Wildman–Crippen LogP) is 3.41. The number of ether oxygens (including phenoxy) is 1. The third-order valence-electron chi connectivity index (χ3n) is 5.31. The first-order valence-electron chi connectivity index (χ1n) is 9.63. The SMILES string of the molecule is CCc1ccc(NC(=O)C(C)N2CCN(c3ccc(OC)cc3)CC2)cc1. The van der Waals surface area contributed by atoms with Crippen molar-refractivity contribution in [3.8, 4) is 5.75 Å². The summed E-state index contributed by atoms with van der Waals surface area (Å²) in [4.78, 5) is 17.2. The second kappa shape index (κ2) is 8.91. The molecule has 144 valence electrons. The lowest BCUT2D eigenvalue weighted by Crippen LogP contribution is -2.52. The van der Waals surface area contributed by atoms with Crippen LogP contribution in [0.15, 0.2) is 48.5 Å². The van der Waals surface area contributed by atoms with Gasteiger partial charge in [-0.15, -0.1) is 0 Å². The molecule has 5 nitrogen and oxygen atoms in total. The van der Waals surface area contributed by atoms with Gasteiger partial charge < -0.3 is 15.0 Å². The van der Waals surface area contributed by atoms with Crippen molar-refractivity contribution in [3.05, 3.63) is 54.1 Å². The van der Waals surface area contributed by atoms with E-state index in [1.165, 1.54) is 11.3 Å². The van der Waals surface area contributed by atoms with Gasteiger partial charge in [-0.2, -0.15) is 0 Å². The molecular weight excluding hydrogens is 338 g/mol. The molecule has 0 aliphatic carbocycles. The highest BCUT2D eigenvalue weighted by molar-refractivity contribution is 5.94. The van der Waals surface area contributed by atoms with Gasteiger partial charge >= 0.3 is 0 Å². The number of piperazine rings is 1. The van der Waals surface area contributed by atoms with Crippen molar-refractivity contribution in [2.75, 3.05) is 43.5 Å². The Bertz CT molecular complexity index is 735. The second-order valence-electron chi connectivity index (χ2n) is 6.94. The van der Waals surface area contributed by atoms with Gasteiger partial charge in [-0.25, -0.2) is 0 Å². The molecule has 1 saturated heterocycles. The number of anilines is 2. The maximum atomic E-state index is 12.6. The number of rotatable bonds is 6. The lowest BCUT2D eigenvalue weighted by molar-refractivity contribution is -0.120. The number of nitrogens with zero attached hydrogens (tertiary/aromatic N) is 2. The zero-order chi connectivity index (χ0) is 19.2. The number of methoxy groups -OCH3 is 1. The van der Waals surface area contributed by atoms with E-state index < -0.39 is 0 Å². The van der Waals surface area contributed by atoms with Crippen LogP contribution in [0.5, 0.6) is 5.75 Å². The lowest BCUT2D eigenvalue weighted by atomic mass is 10.1. The number of carbonyl (C=O) groups is 1. The van der Waals surface area contributed by atoms with E-state index in [4.69, 9.17) is 4.74 Å². The molecule has 0 aromatic heterocycles. The van der Waals surface area contributed by atoms with E-state index >= 15 is 0 Å². The van der Waals surface area contributed by atoms with Gasteiger partial charge in [0, 0.05) is 37.6 Å².